The third-order valence-electron chi connectivity index (χ3n) is 6.34. The van der Waals surface area contributed by atoms with Crippen LogP contribution in [0.15, 0.2) is 54.3 Å². The number of likely N-dealkylation sites (tertiary alicyclic amines) is 1. The highest BCUT2D eigenvalue weighted by molar-refractivity contribution is 7.84. The van der Waals surface area contributed by atoms with Gasteiger partial charge in [-0.1, -0.05) is 18.7 Å². The number of fused-ring (bicyclic) bond motifs is 1. The van der Waals surface area contributed by atoms with Crippen molar-refractivity contribution < 1.29 is 22.9 Å². The van der Waals surface area contributed by atoms with Crippen LogP contribution in [-0.2, 0) is 17.6 Å². The number of carbonyl (C=O) groups excluding carboxylic acids is 1. The van der Waals surface area contributed by atoms with E-state index in [1.54, 1.807) is 29.2 Å². The van der Waals surface area contributed by atoms with Gasteiger partial charge in [-0.15, -0.1) is 0 Å². The molecule has 0 radical (unpaired) electrons. The van der Waals surface area contributed by atoms with Gasteiger partial charge in [0, 0.05) is 43.3 Å². The van der Waals surface area contributed by atoms with Crippen molar-refractivity contribution >= 4 is 28.5 Å². The number of likely N-dealkylation sites (N-methyl/N-ethyl adjacent to an activating group) is 1. The number of piperidine rings is 1. The van der Waals surface area contributed by atoms with Crippen LogP contribution in [0.2, 0.25) is 0 Å². The largest absolute Gasteiger partial charge is 0.457 e. The molecule has 4 rings (SSSR count). The Bertz CT molecular complexity index is 1240. The van der Waals surface area contributed by atoms with E-state index < -0.39 is 17.0 Å². The van der Waals surface area contributed by atoms with Gasteiger partial charge in [0.15, 0.2) is 17.0 Å². The number of halogens is 1. The van der Waals surface area contributed by atoms with E-state index in [9.17, 15) is 9.00 Å². The van der Waals surface area contributed by atoms with Crippen LogP contribution in [-0.4, -0.2) is 60.9 Å². The van der Waals surface area contributed by atoms with E-state index in [0.717, 1.165) is 36.0 Å². The predicted octanol–water partition coefficient (Wildman–Crippen LogP) is 4.48. The fourth-order valence-corrected chi connectivity index (χ4v) is 4.96. The molecule has 2 heterocycles. The molecule has 0 spiro atoms. The minimum atomic E-state index is -1.60. The molecule has 1 saturated heterocycles. The number of amides is 1. The van der Waals surface area contributed by atoms with Gasteiger partial charge in [-0.2, -0.15) is 0 Å². The summed E-state index contributed by atoms with van der Waals surface area (Å²) in [4.78, 5) is 16.3. The van der Waals surface area contributed by atoms with Crippen LogP contribution in [0.1, 0.15) is 30.4 Å². The monoisotopic (exact) mass is 528 g/mol. The lowest BCUT2D eigenvalue weighted by molar-refractivity contribution is 0.142. The average molecular weight is 529 g/mol. The number of nitrogens with one attached hydrogen (secondary N) is 2. The predicted molar refractivity (Wildman–Crippen MR) is 144 cm³/mol. The lowest BCUT2D eigenvalue weighted by atomic mass is 9.90. The van der Waals surface area contributed by atoms with Crippen LogP contribution in [0.5, 0.6) is 11.5 Å². The Morgan fingerprint density at radius 1 is 1.19 bits per heavy atom. The summed E-state index contributed by atoms with van der Waals surface area (Å²) in [5, 5.41) is 0. The van der Waals surface area contributed by atoms with Crippen LogP contribution in [0.25, 0.3) is 5.57 Å². The molecule has 198 valence electrons. The molecule has 2 aromatic rings. The molecule has 0 saturated carbocycles. The second-order valence-electron chi connectivity index (χ2n) is 9.32. The topological polar surface area (TPSA) is 83.1 Å². The molecular weight excluding hydrogens is 495 g/mol. The van der Waals surface area contributed by atoms with Crippen molar-refractivity contribution in [1.29, 1.82) is 0 Å². The molecule has 0 aliphatic carbocycles. The van der Waals surface area contributed by atoms with Crippen molar-refractivity contribution in [3.63, 3.8) is 0 Å². The first-order chi connectivity index (χ1) is 17.8. The first-order valence-electron chi connectivity index (χ1n) is 12.2. The van der Waals surface area contributed by atoms with Crippen LogP contribution < -0.4 is 18.9 Å². The van der Waals surface area contributed by atoms with Gasteiger partial charge >= 0.3 is 6.09 Å². The molecule has 2 N–H and O–H groups in total. The molecule has 37 heavy (non-hydrogen) atoms. The number of carbonyl (C=O) groups is 1. The third-order valence-corrected chi connectivity index (χ3v) is 7.12. The van der Waals surface area contributed by atoms with E-state index in [2.05, 4.69) is 16.0 Å². The molecule has 2 aliphatic rings. The SMILES string of the molecule is C=C1Oc2cc(OC(=O)N3CCCCC3)ccc2C(CN(C)C)=C1Cc1cccc(NS(=O)NC)c1F. The fraction of sp³-hybridized carbons (Fsp3) is 0.370. The number of hydrogen-bond acceptors (Lipinski definition) is 5. The number of allylic oxidation sites excluding steroid dienone is 1. The lowest BCUT2D eigenvalue weighted by Crippen LogP contribution is -2.37. The van der Waals surface area contributed by atoms with Gasteiger partial charge in [0.1, 0.15) is 17.3 Å². The minimum Gasteiger partial charge on any atom is -0.457 e. The van der Waals surface area contributed by atoms with Gasteiger partial charge in [0.05, 0.1) is 5.69 Å². The Hall–Kier alpha value is -3.21. The Morgan fingerprint density at radius 2 is 1.95 bits per heavy atom. The summed E-state index contributed by atoms with van der Waals surface area (Å²) >= 11 is -1.60. The quantitative estimate of drug-likeness (QED) is 0.528. The summed E-state index contributed by atoms with van der Waals surface area (Å²) < 4.78 is 44.0. The normalized spacial score (nSPS) is 16.4. The highest BCUT2D eigenvalue weighted by Crippen LogP contribution is 2.41. The van der Waals surface area contributed by atoms with Gasteiger partial charge in [0.2, 0.25) is 0 Å². The zero-order chi connectivity index (χ0) is 26.5. The summed E-state index contributed by atoms with van der Waals surface area (Å²) in [6.45, 7) is 6.09. The van der Waals surface area contributed by atoms with Crippen molar-refractivity contribution in [2.75, 3.05) is 45.5 Å². The van der Waals surface area contributed by atoms with E-state index in [4.69, 9.17) is 9.47 Å². The Kier molecular flexibility index (Phi) is 8.63. The highest BCUT2D eigenvalue weighted by atomic mass is 32.2. The standard InChI is InChI=1S/C27H33FN4O4S/c1-18-22(15-19-9-8-10-24(26(19)28)30-37(34)29-2)23(17-31(3)4)21-12-11-20(16-25(21)35-18)36-27(33)32-13-6-5-7-14-32/h8-12,16,29-30H,1,5-7,13-15,17H2,2-4H3. The highest BCUT2D eigenvalue weighted by Gasteiger charge is 2.27. The second-order valence-corrected chi connectivity index (χ2v) is 10.5. The van der Waals surface area contributed by atoms with Crippen LogP contribution in [0, 0.1) is 5.82 Å². The van der Waals surface area contributed by atoms with Crippen molar-refractivity contribution in [3.05, 3.63) is 71.3 Å². The van der Waals surface area contributed by atoms with Crippen molar-refractivity contribution in [3.8, 4) is 11.5 Å². The molecule has 2 aliphatic heterocycles. The number of ether oxygens (including phenoxy) is 2. The molecule has 1 fully saturated rings. The Balaban J connectivity index is 1.64. The molecule has 0 aromatic heterocycles. The molecule has 1 amide bonds. The summed E-state index contributed by atoms with van der Waals surface area (Å²) in [7, 11) is 5.43. The second kappa shape index (κ2) is 11.9. The third kappa shape index (κ3) is 6.38. The van der Waals surface area contributed by atoms with E-state index in [1.807, 2.05) is 25.1 Å². The van der Waals surface area contributed by atoms with Gasteiger partial charge in [-0.3, -0.25) is 4.72 Å². The average Bonchev–Trinajstić information content (AvgIpc) is 2.88. The number of benzene rings is 2. The lowest BCUT2D eigenvalue weighted by Gasteiger charge is -2.28. The summed E-state index contributed by atoms with van der Waals surface area (Å²) in [6, 6.07) is 10.3. The number of nitrogens with zero attached hydrogens (tertiary/aromatic N) is 2. The van der Waals surface area contributed by atoms with Crippen molar-refractivity contribution in [1.82, 2.24) is 14.5 Å². The molecule has 1 unspecified atom stereocenters. The maximum atomic E-state index is 15.3. The van der Waals surface area contributed by atoms with Crippen LogP contribution >= 0.6 is 0 Å². The smallest absolute Gasteiger partial charge is 0.415 e. The molecule has 2 aromatic carbocycles. The molecular formula is C27H33FN4O4S. The molecule has 0 bridgehead atoms. The van der Waals surface area contributed by atoms with E-state index in [0.29, 0.717) is 42.5 Å². The zero-order valence-electron chi connectivity index (χ0n) is 21.4. The summed E-state index contributed by atoms with van der Waals surface area (Å²) in [5.41, 5.74) is 3.11. The zero-order valence-corrected chi connectivity index (χ0v) is 22.3. The van der Waals surface area contributed by atoms with Crippen molar-refractivity contribution in [2.45, 2.75) is 25.7 Å². The maximum absolute atomic E-state index is 15.3. The van der Waals surface area contributed by atoms with E-state index in [-0.39, 0.29) is 18.2 Å². The Morgan fingerprint density at radius 3 is 2.65 bits per heavy atom. The fourth-order valence-electron chi connectivity index (χ4n) is 4.51. The molecule has 10 heteroatoms. The number of rotatable bonds is 8. The van der Waals surface area contributed by atoms with E-state index >= 15 is 4.39 Å². The number of anilines is 1. The van der Waals surface area contributed by atoms with Crippen LogP contribution in [0.3, 0.4) is 0 Å². The van der Waals surface area contributed by atoms with Crippen molar-refractivity contribution in [2.24, 2.45) is 0 Å². The summed E-state index contributed by atoms with van der Waals surface area (Å²) in [5.74, 6) is 0.855. The van der Waals surface area contributed by atoms with Gasteiger partial charge < -0.3 is 19.3 Å². The van der Waals surface area contributed by atoms with Gasteiger partial charge in [-0.05, 0) is 69.7 Å². The minimum absolute atomic E-state index is 0.142. The number of hydrogen-bond donors (Lipinski definition) is 2. The first kappa shape index (κ1) is 26.8. The molecule has 1 atom stereocenters. The summed E-state index contributed by atoms with van der Waals surface area (Å²) in [6.07, 6.45) is 2.97. The van der Waals surface area contributed by atoms with Gasteiger partial charge in [0.25, 0.3) is 0 Å². The Labute approximate surface area is 219 Å². The first-order valence-corrected chi connectivity index (χ1v) is 13.4. The molecule has 8 nitrogen and oxygen atoms in total. The van der Waals surface area contributed by atoms with Crippen LogP contribution in [0.4, 0.5) is 14.9 Å². The van der Waals surface area contributed by atoms with Gasteiger partial charge in [-0.25, -0.2) is 18.1 Å². The van der Waals surface area contributed by atoms with E-state index in [1.165, 1.54) is 13.1 Å². The maximum Gasteiger partial charge on any atom is 0.415 e.